The van der Waals surface area contributed by atoms with Crippen molar-refractivity contribution in [3.05, 3.63) is 70.8 Å². The summed E-state index contributed by atoms with van der Waals surface area (Å²) in [5, 5.41) is 0. The second-order valence-electron chi connectivity index (χ2n) is 10.8. The summed E-state index contributed by atoms with van der Waals surface area (Å²) in [5.74, 6) is -0.243. The van der Waals surface area contributed by atoms with E-state index < -0.39 is 0 Å². The van der Waals surface area contributed by atoms with E-state index in [-0.39, 0.29) is 17.7 Å². The number of aryl methyl sites for hydroxylation is 1. The van der Waals surface area contributed by atoms with Gasteiger partial charge in [0.2, 0.25) is 0 Å². The molecule has 228 valence electrons. The Morgan fingerprint density at radius 3 is 1.37 bits per heavy atom. The number of carbonyl (C=O) groups is 3. The Morgan fingerprint density at radius 2 is 0.902 bits per heavy atom. The third-order valence-corrected chi connectivity index (χ3v) is 7.02. The van der Waals surface area contributed by atoms with Crippen LogP contribution in [0, 0.1) is 0 Å². The van der Waals surface area contributed by atoms with E-state index in [0.717, 1.165) is 30.4 Å². The Balaban J connectivity index is 0.000000410. The zero-order valence-electron chi connectivity index (χ0n) is 26.2. The van der Waals surface area contributed by atoms with Gasteiger partial charge in [0.05, 0.1) is 13.2 Å². The van der Waals surface area contributed by atoms with Crippen LogP contribution in [0.4, 0.5) is 0 Å². The molecule has 0 radical (unpaired) electrons. The fourth-order valence-electron chi connectivity index (χ4n) is 4.50. The molecule has 2 aromatic rings. The monoisotopic (exact) mass is 566 g/mol. The number of Topliss-reactive ketones (excluding diaryl/α,β-unsaturated/α-hetero) is 1. The van der Waals surface area contributed by atoms with Crippen LogP contribution >= 0.6 is 0 Å². The molecule has 0 bridgehead atoms. The summed E-state index contributed by atoms with van der Waals surface area (Å²) in [6.45, 7) is 8.16. The quantitative estimate of drug-likeness (QED) is 0.0908. The fraction of sp³-hybridized carbons (Fsp3) is 0.583. The van der Waals surface area contributed by atoms with Crippen LogP contribution in [0.2, 0.25) is 0 Å². The first kappa shape index (κ1) is 36.1. The molecule has 0 heterocycles. The maximum atomic E-state index is 12.0. The molecule has 0 amide bonds. The van der Waals surface area contributed by atoms with E-state index in [1.807, 2.05) is 24.3 Å². The first-order valence-corrected chi connectivity index (χ1v) is 15.8. The number of carbonyl (C=O) groups excluding carboxylic acids is 3. The molecule has 5 nitrogen and oxygen atoms in total. The molecule has 2 aromatic carbocycles. The number of ether oxygens (including phenoxy) is 2. The zero-order valence-corrected chi connectivity index (χ0v) is 26.2. The average Bonchev–Trinajstić information content (AvgIpc) is 2.96. The van der Waals surface area contributed by atoms with Gasteiger partial charge in [0.1, 0.15) is 0 Å². The number of hydrogen-bond donors (Lipinski definition) is 0. The number of unbranched alkanes of at least 4 members (excludes halogenated alkanes) is 9. The van der Waals surface area contributed by atoms with Gasteiger partial charge in [-0.05, 0) is 36.0 Å². The average molecular weight is 567 g/mol. The van der Waals surface area contributed by atoms with E-state index >= 15 is 0 Å². The molecule has 0 atom stereocenters. The summed E-state index contributed by atoms with van der Waals surface area (Å²) >= 11 is 0. The molecule has 0 aromatic heterocycles. The van der Waals surface area contributed by atoms with Crippen LogP contribution in [0.3, 0.4) is 0 Å². The minimum atomic E-state index is -0.259. The van der Waals surface area contributed by atoms with Gasteiger partial charge in [-0.3, -0.25) is 14.4 Å². The highest BCUT2D eigenvalue weighted by Crippen LogP contribution is 2.13. The molecule has 0 aliphatic heterocycles. The van der Waals surface area contributed by atoms with Gasteiger partial charge >= 0.3 is 11.9 Å². The lowest BCUT2D eigenvalue weighted by Gasteiger charge is -2.05. The Hall–Kier alpha value is -2.95. The van der Waals surface area contributed by atoms with Crippen LogP contribution in [0.15, 0.2) is 48.5 Å². The van der Waals surface area contributed by atoms with Gasteiger partial charge in [-0.15, -0.1) is 0 Å². The van der Waals surface area contributed by atoms with Crippen molar-refractivity contribution in [2.75, 3.05) is 13.2 Å². The van der Waals surface area contributed by atoms with Gasteiger partial charge < -0.3 is 9.47 Å². The Bertz CT molecular complexity index is 962. The molecule has 0 saturated carbocycles. The molecule has 41 heavy (non-hydrogen) atoms. The molecule has 0 aliphatic carbocycles. The highest BCUT2D eigenvalue weighted by atomic mass is 16.5. The van der Waals surface area contributed by atoms with Crippen molar-refractivity contribution < 1.29 is 23.9 Å². The molecule has 0 unspecified atom stereocenters. The Morgan fingerprint density at radius 1 is 0.512 bits per heavy atom. The van der Waals surface area contributed by atoms with Crippen LogP contribution < -0.4 is 0 Å². The molecule has 2 rings (SSSR count). The van der Waals surface area contributed by atoms with Crippen molar-refractivity contribution in [1.82, 2.24) is 0 Å². The van der Waals surface area contributed by atoms with Crippen LogP contribution in [0.25, 0.3) is 0 Å². The molecule has 0 saturated heterocycles. The molecular weight excluding hydrogens is 512 g/mol. The molecule has 0 aliphatic rings. The van der Waals surface area contributed by atoms with Gasteiger partial charge in [-0.2, -0.15) is 0 Å². The van der Waals surface area contributed by atoms with Crippen molar-refractivity contribution in [3.8, 4) is 0 Å². The third kappa shape index (κ3) is 19.7. The van der Waals surface area contributed by atoms with Gasteiger partial charge in [0.15, 0.2) is 5.78 Å². The number of hydrogen-bond acceptors (Lipinski definition) is 5. The summed E-state index contributed by atoms with van der Waals surface area (Å²) in [5.41, 5.74) is 4.51. The predicted octanol–water partition coefficient (Wildman–Crippen LogP) is 9.03. The number of ketones is 1. The van der Waals surface area contributed by atoms with E-state index in [2.05, 4.69) is 38.1 Å². The van der Waals surface area contributed by atoms with Crippen LogP contribution in [0.5, 0.6) is 0 Å². The zero-order chi connectivity index (χ0) is 30.1. The normalized spacial score (nSPS) is 10.4. The molecular formula is C36H54O5. The van der Waals surface area contributed by atoms with E-state index in [1.165, 1.54) is 89.2 Å². The van der Waals surface area contributed by atoms with Gasteiger partial charge in [0.25, 0.3) is 0 Å². The van der Waals surface area contributed by atoms with E-state index in [1.54, 1.807) is 0 Å². The highest BCUT2D eigenvalue weighted by Gasteiger charge is 2.06. The van der Waals surface area contributed by atoms with Crippen LogP contribution in [0.1, 0.15) is 132 Å². The summed E-state index contributed by atoms with van der Waals surface area (Å²) in [4.78, 5) is 33.4. The maximum absolute atomic E-state index is 12.0. The minimum absolute atomic E-state index is 0.204. The summed E-state index contributed by atoms with van der Waals surface area (Å²) in [7, 11) is 0. The number of esters is 2. The lowest BCUT2D eigenvalue weighted by Crippen LogP contribution is -2.04. The first-order chi connectivity index (χ1) is 19.8. The Labute approximate surface area is 249 Å². The van der Waals surface area contributed by atoms with Crippen LogP contribution in [-0.4, -0.2) is 30.9 Å². The second-order valence-corrected chi connectivity index (χ2v) is 10.8. The number of rotatable bonds is 20. The fourth-order valence-corrected chi connectivity index (χ4v) is 4.50. The third-order valence-electron chi connectivity index (χ3n) is 7.02. The minimum Gasteiger partial charge on any atom is -0.466 e. The van der Waals surface area contributed by atoms with Crippen molar-refractivity contribution in [3.63, 3.8) is 0 Å². The summed E-state index contributed by atoms with van der Waals surface area (Å²) < 4.78 is 9.85. The van der Waals surface area contributed by atoms with Crippen molar-refractivity contribution in [1.29, 1.82) is 0 Å². The van der Waals surface area contributed by atoms with Gasteiger partial charge in [-0.1, -0.05) is 120 Å². The summed E-state index contributed by atoms with van der Waals surface area (Å²) in [6, 6.07) is 16.3. The maximum Gasteiger partial charge on any atom is 0.302 e. The lowest BCUT2D eigenvalue weighted by molar-refractivity contribution is -0.141. The van der Waals surface area contributed by atoms with Crippen molar-refractivity contribution >= 4 is 17.7 Å². The number of benzene rings is 2. The van der Waals surface area contributed by atoms with Crippen LogP contribution in [-0.2, 0) is 38.3 Å². The second kappa shape index (κ2) is 23.7. The largest absolute Gasteiger partial charge is 0.466 e. The molecule has 0 N–H and O–H groups in total. The van der Waals surface area contributed by atoms with Gasteiger partial charge in [0, 0.05) is 38.7 Å². The first-order valence-electron chi connectivity index (χ1n) is 15.8. The van der Waals surface area contributed by atoms with E-state index in [0.29, 0.717) is 26.1 Å². The topological polar surface area (TPSA) is 69.7 Å². The SMILES string of the molecule is CCCCCCCC(=O)c1ccc(CCOC(C)=O)cc1.CCCCCCCCc1ccc(CCOC(C)=O)cc1. The smallest absolute Gasteiger partial charge is 0.302 e. The molecule has 5 heteroatoms. The van der Waals surface area contributed by atoms with Crippen molar-refractivity contribution in [2.24, 2.45) is 0 Å². The van der Waals surface area contributed by atoms with Crippen molar-refractivity contribution in [2.45, 2.75) is 124 Å². The van der Waals surface area contributed by atoms with Gasteiger partial charge in [-0.25, -0.2) is 0 Å². The summed E-state index contributed by atoms with van der Waals surface area (Å²) in [6.07, 6.45) is 17.2. The highest BCUT2D eigenvalue weighted by molar-refractivity contribution is 5.96. The van der Waals surface area contributed by atoms with E-state index in [9.17, 15) is 14.4 Å². The molecule has 0 spiro atoms. The predicted molar refractivity (Wildman–Crippen MR) is 168 cm³/mol. The standard InChI is InChI=1S/C18H26O3.C18H28O2/c1-3-4-5-6-7-8-18(20)17-11-9-16(10-12-17)13-14-21-15(2)19;1-3-4-5-6-7-8-9-17-10-12-18(13-11-17)14-15-20-16(2)19/h9-12H,3-8,13-14H2,1-2H3;10-13H,3-9,14-15H2,1-2H3. The Kier molecular flexibility index (Phi) is 20.9. The molecule has 0 fully saturated rings. The van der Waals surface area contributed by atoms with E-state index in [4.69, 9.17) is 9.47 Å². The lowest BCUT2D eigenvalue weighted by atomic mass is 10.0.